The highest BCUT2D eigenvalue weighted by Gasteiger charge is 2.49. The van der Waals surface area contributed by atoms with Gasteiger partial charge in [-0.1, -0.05) is 12.1 Å². The minimum absolute atomic E-state index is 0.0366. The Morgan fingerprint density at radius 3 is 1.75 bits per heavy atom. The lowest BCUT2D eigenvalue weighted by molar-refractivity contribution is -0.00557. The Balaban J connectivity index is 1.32. The van der Waals surface area contributed by atoms with Crippen molar-refractivity contribution in [2.45, 2.75) is 47.9 Å². The Labute approximate surface area is 191 Å². The number of hydrogen-bond donors (Lipinski definition) is 1. The highest BCUT2D eigenvalue weighted by molar-refractivity contribution is 8.13. The van der Waals surface area contributed by atoms with Gasteiger partial charge in [0.15, 0.2) is 5.78 Å². The fourth-order valence-electron chi connectivity index (χ4n) is 6.72. The molecule has 0 amide bonds. The molecule has 0 heterocycles. The van der Waals surface area contributed by atoms with E-state index >= 15 is 0 Å². The van der Waals surface area contributed by atoms with Crippen LogP contribution in [0.1, 0.15) is 48.0 Å². The average Bonchev–Trinajstić information content (AvgIpc) is 3.01. The lowest BCUT2D eigenvalue weighted by Crippen LogP contribution is -2.55. The van der Waals surface area contributed by atoms with Gasteiger partial charge in [0.2, 0.25) is 10.0 Å². The summed E-state index contributed by atoms with van der Waals surface area (Å²) >= 11 is 0. The van der Waals surface area contributed by atoms with Crippen molar-refractivity contribution in [1.29, 1.82) is 0 Å². The Bertz CT molecular complexity index is 1360. The SMILES string of the molecule is O=C1c2cc(S(=O)(=O)Cl)ccc2-c2ccc(S(=O)(=O)NC3[C@H]4C[C@@H]5C[C@@H](C[C@H]3C5)C4)cc21. The van der Waals surface area contributed by atoms with Crippen molar-refractivity contribution in [3.8, 4) is 11.1 Å². The van der Waals surface area contributed by atoms with Crippen LogP contribution in [0.5, 0.6) is 0 Å². The van der Waals surface area contributed by atoms with Crippen LogP contribution in [-0.4, -0.2) is 28.7 Å². The van der Waals surface area contributed by atoms with Crippen molar-refractivity contribution in [2.24, 2.45) is 23.7 Å². The van der Waals surface area contributed by atoms with E-state index in [-0.39, 0.29) is 27.0 Å². The molecule has 2 aromatic carbocycles. The summed E-state index contributed by atoms with van der Waals surface area (Å²) in [4.78, 5) is 12.9. The molecule has 0 radical (unpaired) electrons. The summed E-state index contributed by atoms with van der Waals surface area (Å²) in [6.07, 6.45) is 5.70. The molecule has 9 heteroatoms. The van der Waals surface area contributed by atoms with Crippen molar-refractivity contribution in [3.63, 3.8) is 0 Å². The summed E-state index contributed by atoms with van der Waals surface area (Å²) in [5, 5.41) is 0. The lowest BCUT2D eigenvalue weighted by Gasteiger charge is -2.54. The van der Waals surface area contributed by atoms with E-state index in [1.54, 1.807) is 6.07 Å². The molecule has 0 atom stereocenters. The van der Waals surface area contributed by atoms with Gasteiger partial charge < -0.3 is 0 Å². The summed E-state index contributed by atoms with van der Waals surface area (Å²) in [6.45, 7) is 0. The van der Waals surface area contributed by atoms with Gasteiger partial charge in [-0.3, -0.25) is 4.79 Å². The van der Waals surface area contributed by atoms with Crippen LogP contribution in [0.4, 0.5) is 0 Å². The summed E-state index contributed by atoms with van der Waals surface area (Å²) < 4.78 is 52.8. The molecule has 0 saturated heterocycles. The molecule has 32 heavy (non-hydrogen) atoms. The number of benzene rings is 2. The molecule has 0 aromatic heterocycles. The van der Waals surface area contributed by atoms with Gasteiger partial charge >= 0.3 is 0 Å². The number of carbonyl (C=O) groups excluding carboxylic acids is 1. The predicted molar refractivity (Wildman–Crippen MR) is 120 cm³/mol. The van der Waals surface area contributed by atoms with Gasteiger partial charge in [0.05, 0.1) is 9.79 Å². The molecule has 2 aromatic rings. The van der Waals surface area contributed by atoms with E-state index in [2.05, 4.69) is 4.72 Å². The number of rotatable bonds is 4. The first-order valence-corrected chi connectivity index (χ1v) is 14.7. The molecular formula is C23H22ClNO5S2. The largest absolute Gasteiger partial charge is 0.289 e. The quantitative estimate of drug-likeness (QED) is 0.558. The van der Waals surface area contributed by atoms with Crippen LogP contribution in [0.3, 0.4) is 0 Å². The van der Waals surface area contributed by atoms with Gasteiger partial charge in [-0.15, -0.1) is 0 Å². The highest BCUT2D eigenvalue weighted by Crippen LogP contribution is 2.54. The zero-order chi connectivity index (χ0) is 22.4. The molecule has 0 unspecified atom stereocenters. The van der Waals surface area contributed by atoms with E-state index in [0.717, 1.165) is 37.5 Å². The standard InChI is InChI=1S/C23H22ClNO5S2/c24-31(27,28)16-1-3-18-19-4-2-17(11-21(19)23(26)20(18)10-16)32(29,30)25-22-14-6-12-5-13(8-14)9-15(22)7-12/h1-4,10-15,22,25H,5-9H2/t12-,13+,14-,15+,22?. The van der Waals surface area contributed by atoms with Gasteiger partial charge in [-0.2, -0.15) is 0 Å². The molecule has 4 fully saturated rings. The minimum Gasteiger partial charge on any atom is -0.289 e. The molecule has 7 rings (SSSR count). The molecule has 4 bridgehead atoms. The second-order valence-corrected chi connectivity index (χ2v) is 14.0. The average molecular weight is 492 g/mol. The molecule has 0 spiro atoms. The molecule has 4 saturated carbocycles. The van der Waals surface area contributed by atoms with Crippen molar-refractivity contribution < 1.29 is 21.6 Å². The first-order valence-electron chi connectivity index (χ1n) is 10.9. The number of fused-ring (bicyclic) bond motifs is 3. The van der Waals surface area contributed by atoms with Crippen molar-refractivity contribution in [1.82, 2.24) is 4.72 Å². The normalized spacial score (nSPS) is 30.4. The second kappa shape index (κ2) is 6.88. The smallest absolute Gasteiger partial charge is 0.261 e. The summed E-state index contributed by atoms with van der Waals surface area (Å²) in [6, 6.07) is 8.65. The van der Waals surface area contributed by atoms with Crippen LogP contribution in [-0.2, 0) is 19.1 Å². The van der Waals surface area contributed by atoms with E-state index < -0.39 is 24.9 Å². The van der Waals surface area contributed by atoms with Crippen molar-refractivity contribution in [3.05, 3.63) is 47.5 Å². The van der Waals surface area contributed by atoms with E-state index in [0.29, 0.717) is 23.0 Å². The van der Waals surface area contributed by atoms with Gasteiger partial charge in [-0.05, 0) is 91.2 Å². The third-order valence-electron chi connectivity index (χ3n) is 7.87. The number of nitrogens with one attached hydrogen (secondary N) is 1. The van der Waals surface area contributed by atoms with Gasteiger partial charge in [0.25, 0.3) is 9.05 Å². The van der Waals surface area contributed by atoms with Gasteiger partial charge in [-0.25, -0.2) is 21.6 Å². The first-order chi connectivity index (χ1) is 15.1. The maximum Gasteiger partial charge on any atom is 0.261 e. The van der Waals surface area contributed by atoms with Gasteiger partial charge in [0, 0.05) is 27.9 Å². The van der Waals surface area contributed by atoms with Crippen LogP contribution in [0.15, 0.2) is 46.2 Å². The van der Waals surface area contributed by atoms with Crippen molar-refractivity contribution >= 4 is 35.5 Å². The number of sulfonamides is 1. The Morgan fingerprint density at radius 1 is 0.719 bits per heavy atom. The van der Waals surface area contributed by atoms with E-state index in [1.165, 1.54) is 36.8 Å². The molecule has 5 aliphatic rings. The van der Waals surface area contributed by atoms with E-state index in [4.69, 9.17) is 10.7 Å². The summed E-state index contributed by atoms with van der Waals surface area (Å²) in [5.41, 5.74) is 1.64. The Kier molecular flexibility index (Phi) is 4.48. The van der Waals surface area contributed by atoms with Crippen LogP contribution in [0, 0.1) is 23.7 Å². The highest BCUT2D eigenvalue weighted by atomic mass is 35.7. The van der Waals surface area contributed by atoms with Gasteiger partial charge in [0.1, 0.15) is 0 Å². The zero-order valence-corrected chi connectivity index (χ0v) is 19.5. The summed E-state index contributed by atoms with van der Waals surface area (Å²) in [5.74, 6) is 1.89. The summed E-state index contributed by atoms with van der Waals surface area (Å²) in [7, 11) is -2.34. The molecular weight excluding hydrogens is 470 g/mol. The van der Waals surface area contributed by atoms with Crippen LogP contribution in [0.2, 0.25) is 0 Å². The molecule has 168 valence electrons. The van der Waals surface area contributed by atoms with Crippen LogP contribution >= 0.6 is 10.7 Å². The first kappa shape index (κ1) is 20.8. The lowest BCUT2D eigenvalue weighted by atomic mass is 9.54. The van der Waals surface area contributed by atoms with Crippen LogP contribution < -0.4 is 4.72 Å². The monoisotopic (exact) mass is 491 g/mol. The second-order valence-electron chi connectivity index (χ2n) is 9.76. The Hall–Kier alpha value is -1.74. The number of halogens is 1. The third kappa shape index (κ3) is 3.18. The zero-order valence-electron chi connectivity index (χ0n) is 17.1. The van der Waals surface area contributed by atoms with E-state index in [9.17, 15) is 21.6 Å². The van der Waals surface area contributed by atoms with Crippen LogP contribution in [0.25, 0.3) is 11.1 Å². The molecule has 0 aliphatic heterocycles. The molecule has 5 aliphatic carbocycles. The third-order valence-corrected chi connectivity index (χ3v) is 10.7. The Morgan fingerprint density at radius 2 is 1.22 bits per heavy atom. The maximum absolute atomic E-state index is 13.3. The molecule has 6 nitrogen and oxygen atoms in total. The predicted octanol–water partition coefficient (Wildman–Crippen LogP) is 3.93. The maximum atomic E-state index is 13.3. The molecule has 1 N–H and O–H groups in total. The number of carbonyl (C=O) groups is 1. The topological polar surface area (TPSA) is 97.4 Å². The minimum atomic E-state index is -3.98. The fourth-order valence-corrected chi connectivity index (χ4v) is 8.90. The fraction of sp³-hybridized carbons (Fsp3) is 0.435. The van der Waals surface area contributed by atoms with E-state index in [1.807, 2.05) is 0 Å². The number of hydrogen-bond acceptors (Lipinski definition) is 5. The number of ketones is 1. The van der Waals surface area contributed by atoms with Crippen molar-refractivity contribution in [2.75, 3.05) is 0 Å².